The highest BCUT2D eigenvalue weighted by Crippen LogP contribution is 2.29. The number of hydrazone groups is 1. The van der Waals surface area contributed by atoms with E-state index in [9.17, 15) is 9.90 Å². The number of nitrogens with zero attached hydrogens (tertiary/aromatic N) is 4. The van der Waals surface area contributed by atoms with Crippen LogP contribution in [0, 0.1) is 6.92 Å². The van der Waals surface area contributed by atoms with Crippen molar-refractivity contribution in [2.75, 3.05) is 12.9 Å². The highest BCUT2D eigenvalue weighted by atomic mass is 32.2. The van der Waals surface area contributed by atoms with Crippen molar-refractivity contribution >= 4 is 23.9 Å². The largest absolute Gasteiger partial charge is 0.504 e. The lowest BCUT2D eigenvalue weighted by molar-refractivity contribution is -0.118. The van der Waals surface area contributed by atoms with Gasteiger partial charge in [0.25, 0.3) is 5.91 Å². The maximum absolute atomic E-state index is 12.4. The number of nitrogens with one attached hydrogen (secondary N) is 1. The quantitative estimate of drug-likeness (QED) is 0.226. The third-order valence-corrected chi connectivity index (χ3v) is 5.86. The van der Waals surface area contributed by atoms with Gasteiger partial charge in [0.05, 0.1) is 19.1 Å². The van der Waals surface area contributed by atoms with Gasteiger partial charge in [0.2, 0.25) is 0 Å². The average Bonchev–Trinajstić information content (AvgIpc) is 3.29. The zero-order valence-electron chi connectivity index (χ0n) is 18.7. The lowest BCUT2D eigenvalue weighted by atomic mass is 10.1. The summed E-state index contributed by atoms with van der Waals surface area (Å²) in [6.07, 6.45) is 1.36. The molecule has 0 aliphatic heterocycles. The summed E-state index contributed by atoms with van der Waals surface area (Å²) in [5.41, 5.74) is 5.89. The molecule has 1 heterocycles. The van der Waals surface area contributed by atoms with Crippen LogP contribution in [0.1, 0.15) is 11.1 Å². The molecule has 0 spiro atoms. The smallest absolute Gasteiger partial charge is 0.250 e. The van der Waals surface area contributed by atoms with Gasteiger partial charge >= 0.3 is 0 Å². The topological polar surface area (TPSA) is 102 Å². The first-order chi connectivity index (χ1) is 16.6. The van der Waals surface area contributed by atoms with Crippen LogP contribution < -0.4 is 10.2 Å². The standard InChI is InChI=1S/C25H23N5O3S/c1-17-11-13-18(14-12-17)24-28-29-25(30(24)20-8-4-3-5-9-20)34-16-22(31)27-26-15-19-7-6-10-21(33-2)23(19)32/h3-15,32H,16H2,1-2H3,(H,27,31)/b26-15+. The summed E-state index contributed by atoms with van der Waals surface area (Å²) in [5.74, 6) is 0.747. The number of benzene rings is 3. The molecule has 0 radical (unpaired) electrons. The molecule has 34 heavy (non-hydrogen) atoms. The number of carbonyl (C=O) groups is 1. The van der Waals surface area contributed by atoms with Crippen LogP contribution in [-0.2, 0) is 4.79 Å². The number of carbonyl (C=O) groups excluding carboxylic acids is 1. The number of aryl methyl sites for hydroxylation is 1. The second kappa shape index (κ2) is 10.7. The number of phenols is 1. The van der Waals surface area contributed by atoms with Crippen LogP contribution in [0.4, 0.5) is 0 Å². The summed E-state index contributed by atoms with van der Waals surface area (Å²) >= 11 is 1.26. The van der Waals surface area contributed by atoms with Crippen LogP contribution in [-0.4, -0.2) is 44.9 Å². The first-order valence-corrected chi connectivity index (χ1v) is 11.4. The molecular formula is C25H23N5O3S. The predicted octanol–water partition coefficient (Wildman–Crippen LogP) is 4.20. The van der Waals surface area contributed by atoms with Crippen LogP contribution in [0.5, 0.6) is 11.5 Å². The number of hydrogen-bond acceptors (Lipinski definition) is 7. The van der Waals surface area contributed by atoms with E-state index in [1.807, 2.05) is 66.1 Å². The summed E-state index contributed by atoms with van der Waals surface area (Å²) in [6, 6.07) is 22.8. The molecule has 0 fully saturated rings. The van der Waals surface area contributed by atoms with Crippen LogP contribution in [0.3, 0.4) is 0 Å². The van der Waals surface area contributed by atoms with E-state index in [2.05, 4.69) is 20.7 Å². The molecule has 0 aliphatic rings. The average molecular weight is 474 g/mol. The Morgan fingerprint density at radius 2 is 1.85 bits per heavy atom. The molecule has 0 saturated carbocycles. The fourth-order valence-corrected chi connectivity index (χ4v) is 3.95. The molecule has 0 bridgehead atoms. The molecular weight excluding hydrogens is 450 g/mol. The molecule has 9 heteroatoms. The normalized spacial score (nSPS) is 11.0. The van der Waals surface area contributed by atoms with E-state index >= 15 is 0 Å². The first kappa shape index (κ1) is 23.1. The van der Waals surface area contributed by atoms with Gasteiger partial charge in [0, 0.05) is 16.8 Å². The molecule has 2 N–H and O–H groups in total. The fourth-order valence-electron chi connectivity index (χ4n) is 3.21. The molecule has 0 unspecified atom stereocenters. The third kappa shape index (κ3) is 5.26. The molecule has 172 valence electrons. The molecule has 8 nitrogen and oxygen atoms in total. The van der Waals surface area contributed by atoms with Gasteiger partial charge in [-0.3, -0.25) is 9.36 Å². The van der Waals surface area contributed by atoms with Crippen molar-refractivity contribution < 1.29 is 14.6 Å². The van der Waals surface area contributed by atoms with Crippen LogP contribution in [0.2, 0.25) is 0 Å². The fraction of sp³-hybridized carbons (Fsp3) is 0.120. The number of hydrogen-bond donors (Lipinski definition) is 2. The van der Waals surface area contributed by atoms with Gasteiger partial charge in [-0.25, -0.2) is 5.43 Å². The number of methoxy groups -OCH3 is 1. The third-order valence-electron chi connectivity index (χ3n) is 4.93. The number of rotatable bonds is 8. The minimum Gasteiger partial charge on any atom is -0.504 e. The Bertz CT molecular complexity index is 1300. The van der Waals surface area contributed by atoms with Crippen LogP contribution in [0.15, 0.2) is 83.1 Å². The van der Waals surface area contributed by atoms with Gasteiger partial charge in [-0.15, -0.1) is 10.2 Å². The van der Waals surface area contributed by atoms with E-state index in [-0.39, 0.29) is 17.4 Å². The SMILES string of the molecule is COc1cccc(/C=N/NC(=O)CSc2nnc(-c3ccc(C)cc3)n2-c2ccccc2)c1O. The summed E-state index contributed by atoms with van der Waals surface area (Å²) in [7, 11) is 1.47. The van der Waals surface area contributed by atoms with Crippen molar-refractivity contribution in [3.63, 3.8) is 0 Å². The van der Waals surface area contributed by atoms with Crippen molar-refractivity contribution in [1.82, 2.24) is 20.2 Å². The molecule has 4 rings (SSSR count). The Labute approximate surface area is 201 Å². The molecule has 0 atom stereocenters. The lowest BCUT2D eigenvalue weighted by Gasteiger charge is -2.10. The summed E-state index contributed by atoms with van der Waals surface area (Å²) < 4.78 is 7.00. The van der Waals surface area contributed by atoms with Gasteiger partial charge < -0.3 is 9.84 Å². The molecule has 4 aromatic rings. The number of phenolic OH excluding ortho intramolecular Hbond substituents is 1. The maximum Gasteiger partial charge on any atom is 0.250 e. The monoisotopic (exact) mass is 473 g/mol. The second-order valence-electron chi connectivity index (χ2n) is 7.32. The van der Waals surface area contributed by atoms with E-state index in [1.54, 1.807) is 18.2 Å². The first-order valence-electron chi connectivity index (χ1n) is 10.5. The summed E-state index contributed by atoms with van der Waals surface area (Å²) in [4.78, 5) is 12.4. The van der Waals surface area contributed by atoms with Crippen molar-refractivity contribution in [2.24, 2.45) is 5.10 Å². The van der Waals surface area contributed by atoms with Gasteiger partial charge in [-0.2, -0.15) is 5.10 Å². The Kier molecular flexibility index (Phi) is 7.24. The lowest BCUT2D eigenvalue weighted by Crippen LogP contribution is -2.20. The Morgan fingerprint density at radius 3 is 2.59 bits per heavy atom. The van der Waals surface area contributed by atoms with E-state index in [1.165, 1.54) is 25.1 Å². The van der Waals surface area contributed by atoms with Crippen LogP contribution in [0.25, 0.3) is 17.1 Å². The van der Waals surface area contributed by atoms with E-state index < -0.39 is 0 Å². The molecule has 0 saturated heterocycles. The van der Waals surface area contributed by atoms with E-state index in [0.29, 0.717) is 22.3 Å². The molecule has 3 aromatic carbocycles. The van der Waals surface area contributed by atoms with E-state index in [4.69, 9.17) is 4.74 Å². The summed E-state index contributed by atoms with van der Waals surface area (Å²) in [6.45, 7) is 2.03. The maximum atomic E-state index is 12.4. The Hall–Kier alpha value is -4.11. The number of aromatic hydroxyl groups is 1. The van der Waals surface area contributed by atoms with Crippen molar-refractivity contribution in [1.29, 1.82) is 0 Å². The minimum absolute atomic E-state index is 0.0445. The zero-order chi connectivity index (χ0) is 23.9. The number of amides is 1. The molecule has 1 aromatic heterocycles. The zero-order valence-corrected chi connectivity index (χ0v) is 19.5. The van der Waals surface area contributed by atoms with Crippen molar-refractivity contribution in [3.05, 3.63) is 83.9 Å². The highest BCUT2D eigenvalue weighted by Gasteiger charge is 2.17. The van der Waals surface area contributed by atoms with Gasteiger partial charge in [0.1, 0.15) is 0 Å². The Morgan fingerprint density at radius 1 is 1.09 bits per heavy atom. The second-order valence-corrected chi connectivity index (χ2v) is 8.27. The highest BCUT2D eigenvalue weighted by molar-refractivity contribution is 7.99. The number of ether oxygens (including phenoxy) is 1. The van der Waals surface area contributed by atoms with Crippen molar-refractivity contribution in [2.45, 2.75) is 12.1 Å². The number of aromatic nitrogens is 3. The van der Waals surface area contributed by atoms with Crippen molar-refractivity contribution in [3.8, 4) is 28.6 Å². The van der Waals surface area contributed by atoms with Crippen LogP contribution >= 0.6 is 11.8 Å². The predicted molar refractivity (Wildman–Crippen MR) is 133 cm³/mol. The molecule has 1 amide bonds. The minimum atomic E-state index is -0.317. The van der Waals surface area contributed by atoms with E-state index in [0.717, 1.165) is 16.8 Å². The van der Waals surface area contributed by atoms with Gasteiger partial charge in [0.15, 0.2) is 22.5 Å². The Balaban J connectivity index is 1.48. The number of thioether (sulfide) groups is 1. The number of para-hydroxylation sites is 2. The summed E-state index contributed by atoms with van der Waals surface area (Å²) in [5, 5.41) is 23.4. The molecule has 0 aliphatic carbocycles. The van der Waals surface area contributed by atoms with Gasteiger partial charge in [-0.1, -0.05) is 65.9 Å². The van der Waals surface area contributed by atoms with Gasteiger partial charge in [-0.05, 0) is 31.2 Å².